The van der Waals surface area contributed by atoms with Crippen molar-refractivity contribution in [2.75, 3.05) is 13.2 Å². The summed E-state index contributed by atoms with van der Waals surface area (Å²) in [4.78, 5) is 37.4. The van der Waals surface area contributed by atoms with Gasteiger partial charge in [-0.2, -0.15) is 0 Å². The molecule has 0 fully saturated rings. The topological polar surface area (TPSA) is 81.7 Å². The van der Waals surface area contributed by atoms with Crippen LogP contribution in [0.3, 0.4) is 0 Å². The van der Waals surface area contributed by atoms with Crippen molar-refractivity contribution in [3.63, 3.8) is 0 Å². The zero-order valence-corrected chi connectivity index (χ0v) is 19.4. The normalized spacial score (nSPS) is 11.4. The van der Waals surface area contributed by atoms with E-state index in [2.05, 4.69) is 5.32 Å². The number of ketones is 1. The molecule has 9 heteroatoms. The molecule has 1 N–H and O–H groups in total. The summed E-state index contributed by atoms with van der Waals surface area (Å²) in [6.45, 7) is -0.832. The Morgan fingerprint density at radius 1 is 0.848 bits per heavy atom. The molecular formula is C24H18Cl3NO5. The molecule has 0 aliphatic carbocycles. The minimum absolute atomic E-state index is 0.250. The fourth-order valence-corrected chi connectivity index (χ4v) is 3.38. The number of hydrogen-bond acceptors (Lipinski definition) is 5. The van der Waals surface area contributed by atoms with Crippen LogP contribution in [0.4, 0.5) is 0 Å². The van der Waals surface area contributed by atoms with E-state index < -0.39 is 30.3 Å². The van der Waals surface area contributed by atoms with Crippen molar-refractivity contribution in [2.24, 2.45) is 0 Å². The highest BCUT2D eigenvalue weighted by atomic mass is 35.5. The van der Waals surface area contributed by atoms with Crippen LogP contribution in [-0.2, 0) is 14.3 Å². The van der Waals surface area contributed by atoms with Crippen LogP contribution in [0, 0.1) is 0 Å². The molecule has 1 amide bonds. The monoisotopic (exact) mass is 505 g/mol. The first-order valence-electron chi connectivity index (χ1n) is 9.72. The minimum atomic E-state index is -1.20. The summed E-state index contributed by atoms with van der Waals surface area (Å²) >= 11 is 17.7. The van der Waals surface area contributed by atoms with Crippen molar-refractivity contribution in [3.05, 3.63) is 99.0 Å². The van der Waals surface area contributed by atoms with Gasteiger partial charge in [0.15, 0.2) is 12.7 Å². The second-order valence-electron chi connectivity index (χ2n) is 6.79. The first-order valence-corrected chi connectivity index (χ1v) is 10.9. The number of rotatable bonds is 9. The average Bonchev–Trinajstić information content (AvgIpc) is 2.81. The molecule has 0 aliphatic rings. The summed E-state index contributed by atoms with van der Waals surface area (Å²) in [5.74, 6) is -1.50. The minimum Gasteiger partial charge on any atom is -0.482 e. The highest BCUT2D eigenvalue weighted by Gasteiger charge is 2.26. The number of esters is 1. The van der Waals surface area contributed by atoms with Gasteiger partial charge in [-0.3, -0.25) is 14.4 Å². The molecule has 0 radical (unpaired) electrons. The quantitative estimate of drug-likeness (QED) is 0.314. The maximum atomic E-state index is 13.0. The second kappa shape index (κ2) is 11.7. The second-order valence-corrected chi connectivity index (χ2v) is 8.07. The largest absolute Gasteiger partial charge is 0.482 e. The van der Waals surface area contributed by atoms with E-state index in [1.807, 2.05) is 0 Å². The molecule has 6 nitrogen and oxygen atoms in total. The molecule has 0 aliphatic heterocycles. The van der Waals surface area contributed by atoms with Crippen LogP contribution >= 0.6 is 34.8 Å². The summed E-state index contributed by atoms with van der Waals surface area (Å²) in [5.41, 5.74) is 0.830. The number of carbonyl (C=O) groups excluding carboxylic acids is 3. The molecule has 3 aromatic carbocycles. The summed E-state index contributed by atoms with van der Waals surface area (Å²) in [6, 6.07) is 19.4. The summed E-state index contributed by atoms with van der Waals surface area (Å²) < 4.78 is 10.7. The molecule has 3 rings (SSSR count). The van der Waals surface area contributed by atoms with Gasteiger partial charge in [-0.05, 0) is 30.3 Å². The number of hydrogen-bond donors (Lipinski definition) is 1. The van der Waals surface area contributed by atoms with Gasteiger partial charge >= 0.3 is 5.97 Å². The van der Waals surface area contributed by atoms with Gasteiger partial charge in [0.25, 0.3) is 5.91 Å². The molecule has 1 atom stereocenters. The van der Waals surface area contributed by atoms with Gasteiger partial charge in [-0.15, -0.1) is 0 Å². The predicted octanol–water partition coefficient (Wildman–Crippen LogP) is 5.31. The van der Waals surface area contributed by atoms with E-state index in [1.165, 1.54) is 12.1 Å². The Kier molecular flexibility index (Phi) is 8.72. The Morgan fingerprint density at radius 2 is 1.52 bits per heavy atom. The molecule has 0 bridgehead atoms. The molecule has 3 aromatic rings. The lowest BCUT2D eigenvalue weighted by Crippen LogP contribution is -2.35. The molecule has 170 valence electrons. The Balaban J connectivity index is 1.60. The molecule has 0 unspecified atom stereocenters. The van der Waals surface area contributed by atoms with Crippen molar-refractivity contribution in [1.29, 1.82) is 0 Å². The van der Waals surface area contributed by atoms with Crippen molar-refractivity contribution in [1.82, 2.24) is 5.32 Å². The molecule has 0 spiro atoms. The van der Waals surface area contributed by atoms with Crippen molar-refractivity contribution >= 4 is 52.5 Å². The summed E-state index contributed by atoms with van der Waals surface area (Å²) in [5, 5.41) is 3.54. The number of halogens is 3. The Bertz CT molecular complexity index is 1140. The van der Waals surface area contributed by atoms with Crippen LogP contribution < -0.4 is 10.1 Å². The number of amides is 1. The van der Waals surface area contributed by atoms with Crippen LogP contribution in [0.2, 0.25) is 15.1 Å². The number of nitrogens with one attached hydrogen (secondary N) is 1. The molecule has 0 aromatic heterocycles. The van der Waals surface area contributed by atoms with Crippen LogP contribution in [0.1, 0.15) is 22.0 Å². The maximum absolute atomic E-state index is 13.0. The van der Waals surface area contributed by atoms with E-state index in [0.717, 1.165) is 0 Å². The van der Waals surface area contributed by atoms with Gasteiger partial charge in [-0.1, -0.05) is 77.3 Å². The van der Waals surface area contributed by atoms with Crippen molar-refractivity contribution in [2.45, 2.75) is 6.10 Å². The van der Waals surface area contributed by atoms with Crippen LogP contribution in [0.25, 0.3) is 0 Å². The van der Waals surface area contributed by atoms with Crippen molar-refractivity contribution in [3.8, 4) is 5.75 Å². The number of ether oxygens (including phenoxy) is 2. The van der Waals surface area contributed by atoms with Gasteiger partial charge in [0.2, 0.25) is 5.78 Å². The van der Waals surface area contributed by atoms with E-state index in [9.17, 15) is 14.4 Å². The van der Waals surface area contributed by atoms with E-state index in [0.29, 0.717) is 21.2 Å². The Labute approximate surface area is 205 Å². The van der Waals surface area contributed by atoms with E-state index in [-0.39, 0.29) is 17.4 Å². The first-order chi connectivity index (χ1) is 15.8. The zero-order chi connectivity index (χ0) is 23.8. The molecule has 33 heavy (non-hydrogen) atoms. The lowest BCUT2D eigenvalue weighted by molar-refractivity contribution is -0.147. The fourth-order valence-electron chi connectivity index (χ4n) is 2.79. The lowest BCUT2D eigenvalue weighted by atomic mass is 10.00. The highest BCUT2D eigenvalue weighted by molar-refractivity contribution is 6.35. The third-order valence-electron chi connectivity index (χ3n) is 4.40. The fraction of sp³-hybridized carbons (Fsp3) is 0.125. The summed E-state index contributed by atoms with van der Waals surface area (Å²) in [7, 11) is 0. The van der Waals surface area contributed by atoms with E-state index in [4.69, 9.17) is 44.3 Å². The number of Topliss-reactive ketones (excluding diaryl/α,β-unsaturated/α-hetero) is 1. The van der Waals surface area contributed by atoms with E-state index >= 15 is 0 Å². The molecular weight excluding hydrogens is 489 g/mol. The van der Waals surface area contributed by atoms with Gasteiger partial charge in [0, 0.05) is 21.2 Å². The standard InChI is InChI=1S/C24H18Cl3NO5/c25-17-8-6-16(7-9-17)24(23(31)15-4-2-1-3-5-15)33-22(30)13-28-21(29)14-32-20-11-10-18(26)12-19(20)27/h1-12,24H,13-14H2,(H,28,29)/t24-/m0/s1. The third kappa shape index (κ3) is 7.22. The first kappa shape index (κ1) is 24.6. The molecule has 0 saturated carbocycles. The van der Waals surface area contributed by atoms with Crippen LogP contribution in [0.5, 0.6) is 5.75 Å². The predicted molar refractivity (Wildman–Crippen MR) is 126 cm³/mol. The van der Waals surface area contributed by atoms with Crippen molar-refractivity contribution < 1.29 is 23.9 Å². The number of benzene rings is 3. The Hall–Kier alpha value is -3.06. The molecule has 0 heterocycles. The van der Waals surface area contributed by atoms with Gasteiger partial charge in [-0.25, -0.2) is 0 Å². The van der Waals surface area contributed by atoms with Crippen LogP contribution in [-0.4, -0.2) is 30.8 Å². The third-order valence-corrected chi connectivity index (χ3v) is 5.18. The van der Waals surface area contributed by atoms with E-state index in [1.54, 1.807) is 60.7 Å². The van der Waals surface area contributed by atoms with Gasteiger partial charge < -0.3 is 14.8 Å². The molecule has 0 saturated heterocycles. The Morgan fingerprint density at radius 3 is 2.18 bits per heavy atom. The smallest absolute Gasteiger partial charge is 0.326 e. The van der Waals surface area contributed by atoms with Gasteiger partial charge in [0.05, 0.1) is 5.02 Å². The average molecular weight is 507 g/mol. The summed E-state index contributed by atoms with van der Waals surface area (Å²) in [6.07, 6.45) is -1.20. The van der Waals surface area contributed by atoms with Gasteiger partial charge in [0.1, 0.15) is 12.3 Å². The van der Waals surface area contributed by atoms with Crippen LogP contribution in [0.15, 0.2) is 72.8 Å². The highest BCUT2D eigenvalue weighted by Crippen LogP contribution is 2.27. The maximum Gasteiger partial charge on any atom is 0.326 e. The zero-order valence-electron chi connectivity index (χ0n) is 17.1. The lowest BCUT2D eigenvalue weighted by Gasteiger charge is -2.18. The number of carbonyl (C=O) groups is 3. The SMILES string of the molecule is O=C(COc1ccc(Cl)cc1Cl)NCC(=O)O[C@H](C(=O)c1ccccc1)c1ccc(Cl)cc1.